The van der Waals surface area contributed by atoms with Gasteiger partial charge in [0.15, 0.2) is 5.65 Å². The molecule has 3 aromatic heterocycles. The van der Waals surface area contributed by atoms with E-state index in [1.165, 1.54) is 46.8 Å². The molecule has 8 rings (SSSR count). The van der Waals surface area contributed by atoms with Crippen LogP contribution in [0.1, 0.15) is 118 Å². The molecule has 69 heavy (non-hydrogen) atoms. The SMILES string of the molecule is C#N.CC(C)N.CCCCP.Cc1ccc(C(CCC2OC(n3cnc4c(CCCP)ncnc43)CC2C(C)C)(c2ccccc2)c2ccc(C)cc2)cc1.OCc1ccc(-c2ccncc2)cc1. The Morgan fingerprint density at radius 2 is 1.32 bits per heavy atom. The average molecular weight is 966 g/mol. The van der Waals surface area contributed by atoms with Gasteiger partial charge in [0.1, 0.15) is 18.1 Å². The van der Waals surface area contributed by atoms with Crippen LogP contribution in [0.25, 0.3) is 22.3 Å². The van der Waals surface area contributed by atoms with Gasteiger partial charge in [-0.3, -0.25) is 9.55 Å². The largest absolute Gasteiger partial charge is 0.392 e. The Balaban J connectivity index is 0.000000339. The Morgan fingerprint density at radius 3 is 1.83 bits per heavy atom. The van der Waals surface area contributed by atoms with Crippen molar-refractivity contribution in [1.29, 1.82) is 5.26 Å². The predicted octanol–water partition coefficient (Wildman–Crippen LogP) is 13.0. The molecule has 366 valence electrons. The molecule has 0 aliphatic carbocycles. The van der Waals surface area contributed by atoms with Crippen LogP contribution in [0.3, 0.4) is 0 Å². The smallest absolute Gasteiger partial charge is 0.165 e. The van der Waals surface area contributed by atoms with Crippen LogP contribution < -0.4 is 5.73 Å². The summed E-state index contributed by atoms with van der Waals surface area (Å²) in [5, 5.41) is 15.4. The Kier molecular flexibility index (Phi) is 24.3. The van der Waals surface area contributed by atoms with Gasteiger partial charge in [-0.25, -0.2) is 20.2 Å². The molecule has 0 amide bonds. The minimum atomic E-state index is -0.299. The van der Waals surface area contributed by atoms with Crippen LogP contribution in [0.5, 0.6) is 0 Å². The van der Waals surface area contributed by atoms with Crippen LogP contribution >= 0.6 is 18.5 Å². The maximum atomic E-state index is 8.89. The fraction of sp³-hybridized carbons (Fsp3) is 0.397. The normalized spacial score (nSPS) is 15.2. The molecular weight excluding hydrogens is 889 g/mol. The summed E-state index contributed by atoms with van der Waals surface area (Å²) in [6, 6.07) is 41.5. The standard InChI is InChI=1S/C38H45N4OP.C12H11NO.C4H11P.C3H9N.CHN/c1-26(2)32-23-35(42-25-41-36-33(11-8-22-44)39-24-40-37(36)42)43-34(32)20-21-38(29-9-6-5-7-10-29,30-16-12-27(3)13-17-30)31-18-14-28(4)15-19-31;14-9-10-1-3-11(4-2-10)12-5-7-13-8-6-12;1-2-3-4-5;1-3(2)4;1-2/h5-7,9-10,12-19,24-26,32,34-35H,8,11,20-23,44H2,1-4H3;1-8,14H,9H2;2-5H2,1H3;3H,4H2,1-2H3;1H. The van der Waals surface area contributed by atoms with Crippen molar-refractivity contribution >= 4 is 29.6 Å². The second kappa shape index (κ2) is 29.8. The van der Waals surface area contributed by atoms with Crippen molar-refractivity contribution in [3.05, 3.63) is 179 Å². The molecule has 0 saturated carbocycles. The number of aliphatic hydroxyl groups excluding tert-OH is 1. The van der Waals surface area contributed by atoms with Crippen molar-refractivity contribution in [2.24, 2.45) is 17.6 Å². The first kappa shape index (κ1) is 56.4. The Labute approximate surface area is 418 Å². The lowest BCUT2D eigenvalue weighted by atomic mass is 9.65. The van der Waals surface area contributed by atoms with E-state index < -0.39 is 0 Å². The van der Waals surface area contributed by atoms with E-state index in [0.717, 1.165) is 71.8 Å². The third kappa shape index (κ3) is 16.2. The minimum Gasteiger partial charge on any atom is -0.392 e. The van der Waals surface area contributed by atoms with Gasteiger partial charge in [-0.2, -0.15) is 0 Å². The summed E-state index contributed by atoms with van der Waals surface area (Å²) in [7, 11) is 5.50. The van der Waals surface area contributed by atoms with E-state index in [1.54, 1.807) is 18.7 Å². The lowest BCUT2D eigenvalue weighted by Crippen LogP contribution is -2.32. The number of fused-ring (bicyclic) bond motifs is 1. The van der Waals surface area contributed by atoms with Crippen molar-refractivity contribution in [1.82, 2.24) is 24.5 Å². The first-order valence-corrected chi connectivity index (χ1v) is 26.1. The Hall–Kier alpha value is -5.19. The summed E-state index contributed by atoms with van der Waals surface area (Å²) in [4.78, 5) is 18.0. The van der Waals surface area contributed by atoms with E-state index >= 15 is 0 Å². The van der Waals surface area contributed by atoms with Gasteiger partial charge in [0.25, 0.3) is 0 Å². The number of ether oxygens (including phenoxy) is 1. The second-order valence-electron chi connectivity index (χ2n) is 18.3. The highest BCUT2D eigenvalue weighted by molar-refractivity contribution is 7.16. The molecule has 1 aliphatic rings. The number of nitriles is 1. The quantitative estimate of drug-likeness (QED) is 0.0766. The van der Waals surface area contributed by atoms with Gasteiger partial charge in [-0.15, -0.1) is 18.5 Å². The van der Waals surface area contributed by atoms with Gasteiger partial charge in [-0.1, -0.05) is 162 Å². The minimum absolute atomic E-state index is 0.0910. The molecule has 5 atom stereocenters. The number of rotatable bonds is 15. The van der Waals surface area contributed by atoms with Crippen molar-refractivity contribution in [2.45, 2.75) is 124 Å². The zero-order valence-electron chi connectivity index (χ0n) is 42.1. The van der Waals surface area contributed by atoms with Gasteiger partial charge in [0, 0.05) is 24.4 Å². The number of nitrogens with two attached hydrogens (primary N) is 1. The second-order valence-corrected chi connectivity index (χ2v) is 19.5. The number of hydrogen-bond acceptors (Lipinski definition) is 8. The molecule has 0 bridgehead atoms. The molecule has 7 aromatic rings. The zero-order valence-corrected chi connectivity index (χ0v) is 44.4. The van der Waals surface area contributed by atoms with E-state index in [2.05, 4.69) is 158 Å². The number of aryl methyl sites for hydroxylation is 3. The molecule has 9 nitrogen and oxygen atoms in total. The van der Waals surface area contributed by atoms with Gasteiger partial charge >= 0.3 is 0 Å². The van der Waals surface area contributed by atoms with E-state index in [9.17, 15) is 0 Å². The summed E-state index contributed by atoms with van der Waals surface area (Å²) in [6.07, 6.45) is 17.0. The molecule has 0 radical (unpaired) electrons. The van der Waals surface area contributed by atoms with Gasteiger partial charge in [-0.05, 0) is 122 Å². The number of benzene rings is 4. The highest BCUT2D eigenvalue weighted by atomic mass is 31.0. The molecule has 1 fully saturated rings. The first-order valence-electron chi connectivity index (χ1n) is 24.5. The number of pyridine rings is 1. The predicted molar refractivity (Wildman–Crippen MR) is 294 cm³/mol. The maximum Gasteiger partial charge on any atom is 0.165 e. The molecule has 1 aliphatic heterocycles. The summed E-state index contributed by atoms with van der Waals surface area (Å²) < 4.78 is 9.16. The summed E-state index contributed by atoms with van der Waals surface area (Å²) in [5.41, 5.74) is 17.3. The Bertz CT molecular complexity index is 2450. The molecular formula is C58H77N7O2P2. The van der Waals surface area contributed by atoms with E-state index in [0.29, 0.717) is 17.9 Å². The third-order valence-corrected chi connectivity index (χ3v) is 13.2. The summed E-state index contributed by atoms with van der Waals surface area (Å²) >= 11 is 0. The number of imidazole rings is 1. The third-order valence-electron chi connectivity index (χ3n) is 12.4. The van der Waals surface area contributed by atoms with Crippen molar-refractivity contribution < 1.29 is 9.84 Å². The maximum absolute atomic E-state index is 8.89. The molecule has 11 heteroatoms. The highest BCUT2D eigenvalue weighted by Crippen LogP contribution is 2.47. The summed E-state index contributed by atoms with van der Waals surface area (Å²) in [5.74, 6) is 0.928. The van der Waals surface area contributed by atoms with Crippen LogP contribution in [-0.2, 0) is 23.2 Å². The number of nitrogens with zero attached hydrogens (tertiary/aromatic N) is 6. The molecule has 4 aromatic carbocycles. The summed E-state index contributed by atoms with van der Waals surface area (Å²) in [6.45, 7) is 18.7. The lowest BCUT2D eigenvalue weighted by molar-refractivity contribution is -0.0124. The fourth-order valence-corrected chi connectivity index (χ4v) is 9.32. The van der Waals surface area contributed by atoms with Crippen molar-refractivity contribution in [3.63, 3.8) is 0 Å². The molecule has 4 heterocycles. The highest BCUT2D eigenvalue weighted by Gasteiger charge is 2.42. The molecule has 1 saturated heterocycles. The van der Waals surface area contributed by atoms with Crippen LogP contribution in [0, 0.1) is 37.5 Å². The topological polar surface area (TPSA) is 136 Å². The van der Waals surface area contributed by atoms with Gasteiger partial charge in [0.2, 0.25) is 0 Å². The zero-order chi connectivity index (χ0) is 50.2. The molecule has 3 N–H and O–H groups in total. The molecule has 5 unspecified atom stereocenters. The fourth-order valence-electron chi connectivity index (χ4n) is 8.71. The van der Waals surface area contributed by atoms with Crippen LogP contribution in [0.4, 0.5) is 0 Å². The number of hydrogen-bond donors (Lipinski definition) is 2. The Morgan fingerprint density at radius 1 is 0.768 bits per heavy atom. The first-order chi connectivity index (χ1) is 33.4. The number of unbranched alkanes of at least 4 members (excludes halogenated alkanes) is 1. The number of aromatic nitrogens is 5. The van der Waals surface area contributed by atoms with E-state index in [-0.39, 0.29) is 24.4 Å². The average Bonchev–Trinajstić information content (AvgIpc) is 4.02. The van der Waals surface area contributed by atoms with Gasteiger partial charge < -0.3 is 15.6 Å². The van der Waals surface area contributed by atoms with Crippen molar-refractivity contribution in [3.8, 4) is 17.7 Å². The van der Waals surface area contributed by atoms with Crippen LogP contribution in [0.2, 0.25) is 0 Å². The molecule has 0 spiro atoms. The van der Waals surface area contributed by atoms with E-state index in [4.69, 9.17) is 25.8 Å². The van der Waals surface area contributed by atoms with E-state index in [1.807, 2.05) is 56.6 Å². The van der Waals surface area contributed by atoms with Gasteiger partial charge in [0.05, 0.1) is 24.7 Å². The monoisotopic (exact) mass is 966 g/mol. The number of aliphatic hydroxyl groups is 1. The van der Waals surface area contributed by atoms with Crippen molar-refractivity contribution in [2.75, 3.05) is 12.3 Å². The lowest BCUT2D eigenvalue weighted by Gasteiger charge is -2.38. The van der Waals surface area contributed by atoms with Crippen LogP contribution in [0.15, 0.2) is 140 Å². The van der Waals surface area contributed by atoms with Crippen LogP contribution in [-0.4, -0.2) is 54.1 Å².